The Morgan fingerprint density at radius 1 is 0.909 bits per heavy atom. The Balaban J connectivity index is 1.58. The van der Waals surface area contributed by atoms with Gasteiger partial charge in [0.2, 0.25) is 0 Å². The second-order valence-electron chi connectivity index (χ2n) is 7.34. The van der Waals surface area contributed by atoms with Gasteiger partial charge >= 0.3 is 0 Å². The predicted molar refractivity (Wildman–Crippen MR) is 139 cm³/mol. The molecule has 4 aromatic rings. The van der Waals surface area contributed by atoms with E-state index in [1.54, 1.807) is 0 Å². The molecule has 0 fully saturated rings. The van der Waals surface area contributed by atoms with Gasteiger partial charge in [-0.3, -0.25) is 4.21 Å². The summed E-state index contributed by atoms with van der Waals surface area (Å²) in [5.41, 5.74) is 5.19. The highest BCUT2D eigenvalue weighted by molar-refractivity contribution is 8.00. The van der Waals surface area contributed by atoms with Gasteiger partial charge in [0.1, 0.15) is 11.1 Å². The molecule has 3 nitrogen and oxygen atoms in total. The number of aromatic nitrogens is 1. The second kappa shape index (κ2) is 11.3. The number of rotatable bonds is 8. The summed E-state index contributed by atoms with van der Waals surface area (Å²) in [6.45, 7) is 0. The van der Waals surface area contributed by atoms with Gasteiger partial charge in [-0.05, 0) is 29.3 Å². The van der Waals surface area contributed by atoms with Crippen LogP contribution in [0.3, 0.4) is 0 Å². The third-order valence-electron chi connectivity index (χ3n) is 5.04. The van der Waals surface area contributed by atoms with E-state index in [1.165, 1.54) is 11.8 Å². The molecule has 0 aliphatic rings. The highest BCUT2D eigenvalue weighted by Crippen LogP contribution is 2.34. The first-order valence-electron chi connectivity index (χ1n) is 10.4. The van der Waals surface area contributed by atoms with Crippen LogP contribution in [0.1, 0.15) is 11.1 Å². The Hall–Kier alpha value is -2.91. The highest BCUT2D eigenvalue weighted by atomic mass is 35.5. The summed E-state index contributed by atoms with van der Waals surface area (Å²) in [6, 6.07) is 31.6. The molecule has 0 spiro atoms. The van der Waals surface area contributed by atoms with Crippen LogP contribution in [0.4, 0.5) is 0 Å². The molecule has 0 bridgehead atoms. The van der Waals surface area contributed by atoms with Crippen LogP contribution in [0.25, 0.3) is 22.4 Å². The smallest absolute Gasteiger partial charge is 0.115 e. The van der Waals surface area contributed by atoms with Crippen molar-refractivity contribution in [2.45, 2.75) is 10.8 Å². The number of hydrogen-bond acceptors (Lipinski definition) is 4. The summed E-state index contributed by atoms with van der Waals surface area (Å²) in [5.74, 6) is 1.60. The third kappa shape index (κ3) is 6.11. The number of hydrogen-bond donors (Lipinski definition) is 0. The lowest BCUT2D eigenvalue weighted by molar-refractivity contribution is 0.683. The topological polar surface area (TPSA) is 53.8 Å². The molecular formula is C27H21ClN2OS2. The molecule has 0 aliphatic heterocycles. The Morgan fingerprint density at radius 3 is 2.18 bits per heavy atom. The van der Waals surface area contributed by atoms with Crippen LogP contribution in [0.5, 0.6) is 0 Å². The molecule has 0 amide bonds. The maximum Gasteiger partial charge on any atom is 0.115 e. The molecule has 33 heavy (non-hydrogen) atoms. The highest BCUT2D eigenvalue weighted by Gasteiger charge is 2.16. The molecule has 4 rings (SSSR count). The molecule has 0 unspecified atom stereocenters. The number of thioether (sulfide) groups is 1. The summed E-state index contributed by atoms with van der Waals surface area (Å²) in [5, 5.41) is 11.3. The fraction of sp³-hybridized carbons (Fsp3) is 0.111. The Labute approximate surface area is 205 Å². The van der Waals surface area contributed by atoms with Crippen molar-refractivity contribution < 1.29 is 4.21 Å². The van der Waals surface area contributed by atoms with Crippen LogP contribution in [-0.4, -0.2) is 20.7 Å². The van der Waals surface area contributed by atoms with E-state index in [9.17, 15) is 9.47 Å². The lowest BCUT2D eigenvalue weighted by atomic mass is 9.99. The molecular weight excluding hydrogens is 468 g/mol. The van der Waals surface area contributed by atoms with E-state index in [0.29, 0.717) is 32.9 Å². The normalized spacial score (nSPS) is 11.6. The first-order valence-corrected chi connectivity index (χ1v) is 13.3. The Kier molecular flexibility index (Phi) is 7.96. The number of benzene rings is 3. The summed E-state index contributed by atoms with van der Waals surface area (Å²) >= 11 is 7.41. The average molecular weight is 489 g/mol. The van der Waals surface area contributed by atoms with E-state index < -0.39 is 10.8 Å². The van der Waals surface area contributed by atoms with Crippen molar-refractivity contribution in [3.8, 4) is 28.5 Å². The number of nitriles is 1. The van der Waals surface area contributed by atoms with Crippen LogP contribution < -0.4 is 0 Å². The zero-order chi connectivity index (χ0) is 23.0. The van der Waals surface area contributed by atoms with Crippen molar-refractivity contribution in [3.05, 3.63) is 107 Å². The van der Waals surface area contributed by atoms with Crippen molar-refractivity contribution >= 4 is 34.2 Å². The first-order chi connectivity index (χ1) is 16.1. The van der Waals surface area contributed by atoms with Gasteiger partial charge in [-0.25, -0.2) is 4.98 Å². The standard InChI is InChI=1S/C27H21ClN2OS2/c28-23-13-11-20(12-14-23)19-33(31)16-15-32-27-25(18-29)24(21-7-3-1-4-8-21)17-26(30-27)22-9-5-2-6-10-22/h1-14,17H,15-16,19H2/t33-/m0/s1. The lowest BCUT2D eigenvalue weighted by Gasteiger charge is -2.12. The SMILES string of the molecule is N#Cc1c(-c2ccccc2)cc(-c2ccccc2)nc1SCC[S@](=O)Cc1ccc(Cl)cc1. The minimum Gasteiger partial charge on any atom is -0.259 e. The van der Waals surface area contributed by atoms with Crippen LogP contribution in [-0.2, 0) is 16.6 Å². The van der Waals surface area contributed by atoms with Crippen LogP contribution >= 0.6 is 23.4 Å². The molecule has 164 valence electrons. The van der Waals surface area contributed by atoms with Crippen molar-refractivity contribution in [1.29, 1.82) is 5.26 Å². The molecule has 0 radical (unpaired) electrons. The van der Waals surface area contributed by atoms with Crippen molar-refractivity contribution in [2.24, 2.45) is 0 Å². The number of nitrogens with zero attached hydrogens (tertiary/aromatic N) is 2. The number of pyridine rings is 1. The van der Waals surface area contributed by atoms with Gasteiger partial charge in [-0.2, -0.15) is 5.26 Å². The average Bonchev–Trinajstić information content (AvgIpc) is 2.86. The number of halogens is 1. The maximum atomic E-state index is 12.6. The molecule has 0 saturated carbocycles. The van der Waals surface area contributed by atoms with Crippen LogP contribution in [0, 0.1) is 11.3 Å². The quantitative estimate of drug-likeness (QED) is 0.251. The Bertz CT molecular complexity index is 1290. The first kappa shape index (κ1) is 23.3. The van der Waals surface area contributed by atoms with E-state index in [-0.39, 0.29) is 0 Å². The fourth-order valence-electron chi connectivity index (χ4n) is 3.41. The zero-order valence-corrected chi connectivity index (χ0v) is 20.2. The van der Waals surface area contributed by atoms with Gasteiger partial charge in [0.15, 0.2) is 0 Å². The molecule has 0 saturated heterocycles. The van der Waals surface area contributed by atoms with E-state index in [1.807, 2.05) is 91.0 Å². The van der Waals surface area contributed by atoms with E-state index in [2.05, 4.69) is 6.07 Å². The molecule has 0 aliphatic carbocycles. The molecule has 6 heteroatoms. The maximum absolute atomic E-state index is 12.6. The minimum absolute atomic E-state index is 0.482. The fourth-order valence-corrected chi connectivity index (χ4v) is 5.97. The molecule has 0 N–H and O–H groups in total. The van der Waals surface area contributed by atoms with Crippen LogP contribution in [0.2, 0.25) is 5.02 Å². The molecule has 1 atom stereocenters. The molecule has 3 aromatic carbocycles. The summed E-state index contributed by atoms with van der Waals surface area (Å²) in [4.78, 5) is 4.82. The summed E-state index contributed by atoms with van der Waals surface area (Å²) < 4.78 is 12.6. The molecule has 1 aromatic heterocycles. The zero-order valence-electron chi connectivity index (χ0n) is 17.8. The second-order valence-corrected chi connectivity index (χ2v) is 10.4. The van der Waals surface area contributed by atoms with Gasteiger partial charge in [0.05, 0.1) is 11.3 Å². The lowest BCUT2D eigenvalue weighted by Crippen LogP contribution is -2.04. The van der Waals surface area contributed by atoms with Crippen molar-refractivity contribution in [3.63, 3.8) is 0 Å². The van der Waals surface area contributed by atoms with Gasteiger partial charge < -0.3 is 0 Å². The Morgan fingerprint density at radius 2 is 1.55 bits per heavy atom. The minimum atomic E-state index is -1.02. The summed E-state index contributed by atoms with van der Waals surface area (Å²) in [6.07, 6.45) is 0. The van der Waals surface area contributed by atoms with Crippen LogP contribution in [0.15, 0.2) is 96.0 Å². The van der Waals surface area contributed by atoms with Gasteiger partial charge in [-0.1, -0.05) is 84.4 Å². The van der Waals surface area contributed by atoms with Crippen molar-refractivity contribution in [2.75, 3.05) is 11.5 Å². The van der Waals surface area contributed by atoms with Crippen molar-refractivity contribution in [1.82, 2.24) is 4.98 Å². The van der Waals surface area contributed by atoms with Gasteiger partial charge in [-0.15, -0.1) is 11.8 Å². The largest absolute Gasteiger partial charge is 0.259 e. The van der Waals surface area contributed by atoms with Gasteiger partial charge in [0, 0.05) is 44.2 Å². The summed E-state index contributed by atoms with van der Waals surface area (Å²) in [7, 11) is -1.02. The van der Waals surface area contributed by atoms with E-state index >= 15 is 0 Å². The monoisotopic (exact) mass is 488 g/mol. The van der Waals surface area contributed by atoms with E-state index in [0.717, 1.165) is 27.9 Å². The van der Waals surface area contributed by atoms with E-state index in [4.69, 9.17) is 16.6 Å². The third-order valence-corrected chi connectivity index (χ3v) is 7.85. The van der Waals surface area contributed by atoms with Gasteiger partial charge in [0.25, 0.3) is 0 Å². The predicted octanol–water partition coefficient (Wildman–Crippen LogP) is 6.98. The molecule has 1 heterocycles.